The number of aromatic nitrogens is 2. The highest BCUT2D eigenvalue weighted by Gasteiger charge is 2.13. The van der Waals surface area contributed by atoms with Crippen LogP contribution < -0.4 is 9.47 Å². The van der Waals surface area contributed by atoms with Gasteiger partial charge in [0.1, 0.15) is 11.5 Å². The van der Waals surface area contributed by atoms with Crippen molar-refractivity contribution in [2.24, 2.45) is 0 Å². The summed E-state index contributed by atoms with van der Waals surface area (Å²) in [5.74, 6) is 0.488. The molecule has 0 atom stereocenters. The van der Waals surface area contributed by atoms with Crippen molar-refractivity contribution >= 4 is 27.8 Å². The lowest BCUT2D eigenvalue weighted by Crippen LogP contribution is -2.09. The molecular weight excluding hydrogens is 440 g/mol. The summed E-state index contributed by atoms with van der Waals surface area (Å²) < 4.78 is 13.8. The first kappa shape index (κ1) is 22.6. The number of carboxylic acid groups (broad SMARTS) is 1. The molecule has 0 saturated carbocycles. The van der Waals surface area contributed by atoms with Crippen LogP contribution in [0.25, 0.3) is 27.5 Å². The van der Waals surface area contributed by atoms with Crippen molar-refractivity contribution in [1.82, 2.24) is 9.55 Å². The maximum Gasteiger partial charge on any atom is 0.341 e. The molecule has 0 spiro atoms. The second-order valence-electron chi connectivity index (χ2n) is 8.57. The fourth-order valence-corrected chi connectivity index (χ4v) is 4.53. The van der Waals surface area contributed by atoms with Crippen LogP contribution in [0.3, 0.4) is 0 Å². The summed E-state index contributed by atoms with van der Waals surface area (Å²) in [5, 5.41) is 11.0. The van der Waals surface area contributed by atoms with Gasteiger partial charge in [-0.15, -0.1) is 0 Å². The predicted molar refractivity (Wildman–Crippen MR) is 138 cm³/mol. The third-order valence-electron chi connectivity index (χ3n) is 6.11. The summed E-state index contributed by atoms with van der Waals surface area (Å²) in [6.07, 6.45) is 4.85. The molecule has 3 aromatic carbocycles. The number of para-hydroxylation sites is 1. The first-order valence-electron chi connectivity index (χ1n) is 11.9. The van der Waals surface area contributed by atoms with E-state index in [1.165, 1.54) is 16.5 Å². The average molecular weight is 469 g/mol. The normalized spacial score (nSPS) is 11.2. The van der Waals surface area contributed by atoms with E-state index in [-0.39, 0.29) is 6.61 Å². The highest BCUT2D eigenvalue weighted by molar-refractivity contribution is 5.87. The number of hydrogen-bond donors (Lipinski definition) is 2. The summed E-state index contributed by atoms with van der Waals surface area (Å²) in [5.41, 5.74) is 5.62. The Hall–Kier alpha value is -4.19. The van der Waals surface area contributed by atoms with Gasteiger partial charge in [0, 0.05) is 45.9 Å². The molecule has 0 bridgehead atoms. The Balaban J connectivity index is 1.32. The number of rotatable bonds is 10. The Morgan fingerprint density at radius 3 is 2.63 bits per heavy atom. The third-order valence-corrected chi connectivity index (χ3v) is 6.11. The molecule has 0 aliphatic heterocycles. The van der Waals surface area contributed by atoms with Crippen molar-refractivity contribution in [3.05, 3.63) is 90.3 Å². The van der Waals surface area contributed by atoms with Gasteiger partial charge in [0.2, 0.25) is 0 Å². The van der Waals surface area contributed by atoms with Gasteiger partial charge in [-0.25, -0.2) is 4.79 Å². The predicted octanol–water partition coefficient (Wildman–Crippen LogP) is 6.15. The third kappa shape index (κ3) is 4.87. The van der Waals surface area contributed by atoms with E-state index in [1.54, 1.807) is 6.07 Å². The van der Waals surface area contributed by atoms with Crippen LogP contribution in [0, 0.1) is 0 Å². The molecule has 178 valence electrons. The zero-order valence-corrected chi connectivity index (χ0v) is 19.7. The molecule has 5 rings (SSSR count). The number of carboxylic acids is 1. The number of aryl methyl sites for hydroxylation is 1. The van der Waals surface area contributed by atoms with Crippen LogP contribution >= 0.6 is 0 Å². The van der Waals surface area contributed by atoms with E-state index >= 15 is 0 Å². The van der Waals surface area contributed by atoms with Gasteiger partial charge in [-0.3, -0.25) is 0 Å². The topological polar surface area (TPSA) is 76.5 Å². The molecular formula is C29H28N2O4. The lowest BCUT2D eigenvalue weighted by atomic mass is 10.0. The molecule has 0 radical (unpaired) electrons. The molecule has 35 heavy (non-hydrogen) atoms. The first-order chi connectivity index (χ1) is 17.1. The summed E-state index contributed by atoms with van der Waals surface area (Å²) in [7, 11) is 0. The Morgan fingerprint density at radius 1 is 0.971 bits per heavy atom. The number of nitrogens with zero attached hydrogens (tertiary/aromatic N) is 1. The Morgan fingerprint density at radius 2 is 1.83 bits per heavy atom. The van der Waals surface area contributed by atoms with Crippen LogP contribution in [0.4, 0.5) is 0 Å². The van der Waals surface area contributed by atoms with Gasteiger partial charge in [-0.2, -0.15) is 0 Å². The Bertz CT molecular complexity index is 1470. The fraction of sp³-hybridized carbons (Fsp3) is 0.207. The van der Waals surface area contributed by atoms with Crippen LogP contribution in [-0.2, 0) is 17.6 Å². The van der Waals surface area contributed by atoms with Gasteiger partial charge in [0.25, 0.3) is 0 Å². The zero-order chi connectivity index (χ0) is 24.2. The maximum absolute atomic E-state index is 10.7. The number of hydrogen-bond acceptors (Lipinski definition) is 3. The van der Waals surface area contributed by atoms with E-state index in [0.717, 1.165) is 47.3 Å². The molecule has 0 amide bonds. The lowest BCUT2D eigenvalue weighted by molar-refractivity contribution is -0.139. The van der Waals surface area contributed by atoms with Gasteiger partial charge in [-0.05, 0) is 61.0 Å². The number of aromatic amines is 1. The minimum Gasteiger partial charge on any atom is -0.493 e. The first-order valence-corrected chi connectivity index (χ1v) is 11.9. The number of H-pyrrole nitrogens is 1. The molecule has 2 aromatic heterocycles. The summed E-state index contributed by atoms with van der Waals surface area (Å²) in [4.78, 5) is 14.1. The monoisotopic (exact) mass is 468 g/mol. The Kier molecular flexibility index (Phi) is 6.44. The van der Waals surface area contributed by atoms with Crippen molar-refractivity contribution in [2.45, 2.75) is 26.2 Å². The molecule has 0 aliphatic carbocycles. The van der Waals surface area contributed by atoms with E-state index in [2.05, 4.69) is 71.2 Å². The van der Waals surface area contributed by atoms with E-state index in [9.17, 15) is 4.79 Å². The van der Waals surface area contributed by atoms with Crippen LogP contribution in [0.2, 0.25) is 0 Å². The van der Waals surface area contributed by atoms with Gasteiger partial charge < -0.3 is 24.1 Å². The van der Waals surface area contributed by atoms with Gasteiger partial charge in [-0.1, -0.05) is 31.5 Å². The lowest BCUT2D eigenvalue weighted by Gasteiger charge is -2.13. The standard InChI is InChI=1S/C29H28N2O4/c1-2-6-25-24-13-15-31(22-7-4-3-5-8-22)27(24)11-12-28(25)34-16-14-21-17-20-18-23(35-19-29(32)33)9-10-26(20)30-21/h3-5,7-13,15,17-18,30H,2,6,14,16,19H2,1H3,(H,32,33). The SMILES string of the molecule is CCCc1c(OCCc2cc3cc(OCC(=O)O)ccc3[nH]2)ccc2c1ccn2-c1ccccc1. The summed E-state index contributed by atoms with van der Waals surface area (Å²) in [6.45, 7) is 2.39. The molecule has 6 nitrogen and oxygen atoms in total. The minimum atomic E-state index is -0.991. The molecule has 2 N–H and O–H groups in total. The quantitative estimate of drug-likeness (QED) is 0.258. The van der Waals surface area contributed by atoms with Gasteiger partial charge >= 0.3 is 5.97 Å². The molecule has 0 unspecified atom stereocenters. The summed E-state index contributed by atoms with van der Waals surface area (Å²) in [6, 6.07) is 24.4. The van der Waals surface area contributed by atoms with Crippen molar-refractivity contribution in [3.63, 3.8) is 0 Å². The number of aliphatic carboxylic acids is 1. The highest BCUT2D eigenvalue weighted by Crippen LogP contribution is 2.32. The smallest absolute Gasteiger partial charge is 0.341 e. The largest absolute Gasteiger partial charge is 0.493 e. The number of ether oxygens (including phenoxy) is 2. The van der Waals surface area contributed by atoms with Crippen molar-refractivity contribution < 1.29 is 19.4 Å². The van der Waals surface area contributed by atoms with E-state index in [0.29, 0.717) is 12.4 Å². The van der Waals surface area contributed by atoms with E-state index in [4.69, 9.17) is 14.6 Å². The Labute approximate surface area is 203 Å². The number of carbonyl (C=O) groups is 1. The van der Waals surface area contributed by atoms with E-state index < -0.39 is 5.97 Å². The molecule has 0 fully saturated rings. The second-order valence-corrected chi connectivity index (χ2v) is 8.57. The zero-order valence-electron chi connectivity index (χ0n) is 19.7. The number of benzene rings is 3. The molecule has 0 saturated heterocycles. The highest BCUT2D eigenvalue weighted by atomic mass is 16.5. The van der Waals surface area contributed by atoms with Gasteiger partial charge in [0.15, 0.2) is 6.61 Å². The second kappa shape index (κ2) is 9.97. The van der Waals surface area contributed by atoms with Crippen LogP contribution in [0.5, 0.6) is 11.5 Å². The number of fused-ring (bicyclic) bond motifs is 2. The summed E-state index contributed by atoms with van der Waals surface area (Å²) >= 11 is 0. The van der Waals surface area contributed by atoms with Crippen molar-refractivity contribution in [1.29, 1.82) is 0 Å². The number of nitrogens with one attached hydrogen (secondary N) is 1. The van der Waals surface area contributed by atoms with Crippen LogP contribution in [0.15, 0.2) is 79.0 Å². The minimum absolute atomic E-state index is 0.351. The van der Waals surface area contributed by atoms with Crippen LogP contribution in [0.1, 0.15) is 24.6 Å². The van der Waals surface area contributed by atoms with Gasteiger partial charge in [0.05, 0.1) is 12.1 Å². The molecule has 0 aliphatic rings. The maximum atomic E-state index is 10.7. The van der Waals surface area contributed by atoms with E-state index in [1.807, 2.05) is 18.2 Å². The molecule has 5 aromatic rings. The van der Waals surface area contributed by atoms with Crippen molar-refractivity contribution in [2.75, 3.05) is 13.2 Å². The fourth-order valence-electron chi connectivity index (χ4n) is 4.53. The van der Waals surface area contributed by atoms with Crippen LogP contribution in [-0.4, -0.2) is 33.8 Å². The van der Waals surface area contributed by atoms with Crippen molar-refractivity contribution in [3.8, 4) is 17.2 Å². The molecule has 2 heterocycles. The molecule has 6 heteroatoms. The average Bonchev–Trinajstić information content (AvgIpc) is 3.48.